The number of rotatable bonds is 4. The van der Waals surface area contributed by atoms with E-state index in [1.165, 1.54) is 36.8 Å². The van der Waals surface area contributed by atoms with Gasteiger partial charge in [0.25, 0.3) is 11.6 Å². The van der Waals surface area contributed by atoms with Crippen molar-refractivity contribution in [2.75, 3.05) is 12.4 Å². The van der Waals surface area contributed by atoms with E-state index in [9.17, 15) is 14.9 Å². The third kappa shape index (κ3) is 2.97. The lowest BCUT2D eigenvalue weighted by molar-refractivity contribution is -0.384. The van der Waals surface area contributed by atoms with Crippen LogP contribution in [0.3, 0.4) is 0 Å². The molecule has 1 N–H and O–H groups in total. The SMILES string of the molecule is COc1ccc(NC(=O)c2cnc3ccsc3c2)c([N+](=O)[O-])c1. The van der Waals surface area contributed by atoms with Gasteiger partial charge in [0.1, 0.15) is 11.4 Å². The first-order valence-electron chi connectivity index (χ1n) is 6.55. The number of anilines is 1. The summed E-state index contributed by atoms with van der Waals surface area (Å²) in [5.74, 6) is -0.113. The molecule has 7 nitrogen and oxygen atoms in total. The molecule has 0 saturated carbocycles. The van der Waals surface area contributed by atoms with Gasteiger partial charge in [-0.3, -0.25) is 19.9 Å². The van der Waals surface area contributed by atoms with Crippen molar-refractivity contribution in [2.24, 2.45) is 0 Å². The first-order valence-corrected chi connectivity index (χ1v) is 7.43. The Labute approximate surface area is 134 Å². The van der Waals surface area contributed by atoms with Crippen LogP contribution in [0.4, 0.5) is 11.4 Å². The highest BCUT2D eigenvalue weighted by atomic mass is 32.1. The molecule has 2 heterocycles. The maximum atomic E-state index is 12.3. The molecule has 0 aliphatic carbocycles. The summed E-state index contributed by atoms with van der Waals surface area (Å²) in [5.41, 5.74) is 1.02. The molecule has 23 heavy (non-hydrogen) atoms. The van der Waals surface area contributed by atoms with E-state index in [2.05, 4.69) is 10.3 Å². The average molecular weight is 329 g/mol. The normalized spacial score (nSPS) is 10.5. The van der Waals surface area contributed by atoms with Crippen molar-refractivity contribution in [1.82, 2.24) is 4.98 Å². The van der Waals surface area contributed by atoms with E-state index in [0.717, 1.165) is 10.2 Å². The molecular weight excluding hydrogens is 318 g/mol. The highest BCUT2D eigenvalue weighted by Gasteiger charge is 2.18. The Hall–Kier alpha value is -3.00. The molecule has 0 radical (unpaired) electrons. The smallest absolute Gasteiger partial charge is 0.296 e. The van der Waals surface area contributed by atoms with Crippen LogP contribution in [-0.2, 0) is 0 Å². The largest absolute Gasteiger partial charge is 0.496 e. The zero-order chi connectivity index (χ0) is 16.4. The van der Waals surface area contributed by atoms with E-state index in [1.54, 1.807) is 12.1 Å². The summed E-state index contributed by atoms with van der Waals surface area (Å²) in [5, 5.41) is 15.6. The number of amides is 1. The number of nitro groups is 1. The summed E-state index contributed by atoms with van der Waals surface area (Å²) in [6.07, 6.45) is 1.44. The number of carbonyl (C=O) groups excluding carboxylic acids is 1. The molecule has 0 spiro atoms. The molecule has 8 heteroatoms. The molecule has 1 amide bonds. The third-order valence-electron chi connectivity index (χ3n) is 3.21. The standard InChI is InChI=1S/C15H11N3O4S/c1-22-10-2-3-11(13(7-10)18(20)21)17-15(19)9-6-14-12(16-8-9)4-5-23-14/h2-8H,1H3,(H,17,19). The van der Waals surface area contributed by atoms with E-state index in [-0.39, 0.29) is 11.4 Å². The van der Waals surface area contributed by atoms with Gasteiger partial charge in [-0.25, -0.2) is 0 Å². The molecule has 0 unspecified atom stereocenters. The topological polar surface area (TPSA) is 94.4 Å². The maximum absolute atomic E-state index is 12.3. The first-order chi connectivity index (χ1) is 11.1. The molecule has 0 aliphatic heterocycles. The molecular formula is C15H11N3O4S. The lowest BCUT2D eigenvalue weighted by Gasteiger charge is -2.07. The fraction of sp³-hybridized carbons (Fsp3) is 0.0667. The molecule has 0 aliphatic rings. The van der Waals surface area contributed by atoms with Gasteiger partial charge in [0.15, 0.2) is 0 Å². The van der Waals surface area contributed by atoms with Crippen molar-refractivity contribution in [3.8, 4) is 5.75 Å². The second kappa shape index (κ2) is 6.01. The molecule has 0 fully saturated rings. The van der Waals surface area contributed by atoms with Crippen LogP contribution in [0.15, 0.2) is 41.9 Å². The third-order valence-corrected chi connectivity index (χ3v) is 4.07. The fourth-order valence-corrected chi connectivity index (χ4v) is 2.84. The lowest BCUT2D eigenvalue weighted by atomic mass is 10.2. The number of nitrogens with zero attached hydrogens (tertiary/aromatic N) is 2. The summed E-state index contributed by atoms with van der Waals surface area (Å²) in [6.45, 7) is 0. The minimum atomic E-state index is -0.571. The molecule has 0 atom stereocenters. The van der Waals surface area contributed by atoms with Crippen molar-refractivity contribution in [2.45, 2.75) is 0 Å². The van der Waals surface area contributed by atoms with Gasteiger partial charge in [-0.05, 0) is 29.6 Å². The number of nitro benzene ring substituents is 1. The molecule has 2 aromatic heterocycles. The first kappa shape index (κ1) is 14.9. The number of ether oxygens (including phenoxy) is 1. The van der Waals surface area contributed by atoms with Crippen LogP contribution in [0.2, 0.25) is 0 Å². The van der Waals surface area contributed by atoms with E-state index >= 15 is 0 Å². The summed E-state index contributed by atoms with van der Waals surface area (Å²) < 4.78 is 5.84. The summed E-state index contributed by atoms with van der Waals surface area (Å²) >= 11 is 1.47. The van der Waals surface area contributed by atoms with Crippen molar-refractivity contribution in [3.05, 3.63) is 57.6 Å². The van der Waals surface area contributed by atoms with Crippen LogP contribution in [0.1, 0.15) is 10.4 Å². The van der Waals surface area contributed by atoms with E-state index in [4.69, 9.17) is 4.74 Å². The Morgan fingerprint density at radius 3 is 2.91 bits per heavy atom. The Morgan fingerprint density at radius 1 is 1.35 bits per heavy atom. The number of hydrogen-bond donors (Lipinski definition) is 1. The van der Waals surface area contributed by atoms with Crippen LogP contribution in [0.5, 0.6) is 5.75 Å². The Bertz CT molecular complexity index is 907. The van der Waals surface area contributed by atoms with Gasteiger partial charge in [-0.15, -0.1) is 11.3 Å². The fourth-order valence-electron chi connectivity index (χ4n) is 2.06. The summed E-state index contributed by atoms with van der Waals surface area (Å²) in [4.78, 5) is 27.1. The van der Waals surface area contributed by atoms with Gasteiger partial charge >= 0.3 is 0 Å². The summed E-state index contributed by atoms with van der Waals surface area (Å²) in [6, 6.07) is 7.80. The average Bonchev–Trinajstić information content (AvgIpc) is 3.02. The minimum absolute atomic E-state index is 0.104. The van der Waals surface area contributed by atoms with Crippen molar-refractivity contribution in [3.63, 3.8) is 0 Å². The number of aromatic nitrogens is 1. The second-order valence-corrected chi connectivity index (χ2v) is 5.57. The Kier molecular flexibility index (Phi) is 3.90. The van der Waals surface area contributed by atoms with Crippen molar-refractivity contribution >= 4 is 38.8 Å². The van der Waals surface area contributed by atoms with Gasteiger partial charge < -0.3 is 10.1 Å². The van der Waals surface area contributed by atoms with Gasteiger partial charge in [-0.1, -0.05) is 0 Å². The van der Waals surface area contributed by atoms with E-state index < -0.39 is 10.8 Å². The predicted molar refractivity (Wildman–Crippen MR) is 87.2 cm³/mol. The molecule has 3 rings (SSSR count). The number of hydrogen-bond acceptors (Lipinski definition) is 6. The number of pyridine rings is 1. The lowest BCUT2D eigenvalue weighted by Crippen LogP contribution is -2.13. The molecule has 3 aromatic rings. The number of methoxy groups -OCH3 is 1. The maximum Gasteiger partial charge on any atom is 0.296 e. The Balaban J connectivity index is 1.91. The highest BCUT2D eigenvalue weighted by Crippen LogP contribution is 2.29. The van der Waals surface area contributed by atoms with Gasteiger partial charge in [-0.2, -0.15) is 0 Å². The quantitative estimate of drug-likeness (QED) is 0.584. The zero-order valence-corrected chi connectivity index (χ0v) is 12.8. The van der Waals surface area contributed by atoms with Crippen LogP contribution >= 0.6 is 11.3 Å². The van der Waals surface area contributed by atoms with Gasteiger partial charge in [0.05, 0.1) is 33.9 Å². The number of nitrogens with one attached hydrogen (secondary N) is 1. The van der Waals surface area contributed by atoms with E-state index in [0.29, 0.717) is 11.3 Å². The van der Waals surface area contributed by atoms with Crippen LogP contribution < -0.4 is 10.1 Å². The number of carbonyl (C=O) groups is 1. The van der Waals surface area contributed by atoms with Crippen molar-refractivity contribution < 1.29 is 14.5 Å². The minimum Gasteiger partial charge on any atom is -0.496 e. The van der Waals surface area contributed by atoms with E-state index in [1.807, 2.05) is 11.4 Å². The Morgan fingerprint density at radius 2 is 2.17 bits per heavy atom. The number of benzene rings is 1. The summed E-state index contributed by atoms with van der Waals surface area (Å²) in [7, 11) is 1.42. The number of fused-ring (bicyclic) bond motifs is 1. The van der Waals surface area contributed by atoms with Gasteiger partial charge in [0.2, 0.25) is 0 Å². The number of thiophene rings is 1. The second-order valence-electron chi connectivity index (χ2n) is 4.62. The molecule has 0 bridgehead atoms. The van der Waals surface area contributed by atoms with Crippen LogP contribution in [0, 0.1) is 10.1 Å². The molecule has 0 saturated heterocycles. The monoisotopic (exact) mass is 329 g/mol. The zero-order valence-electron chi connectivity index (χ0n) is 12.0. The van der Waals surface area contributed by atoms with Crippen molar-refractivity contribution in [1.29, 1.82) is 0 Å². The van der Waals surface area contributed by atoms with Crippen LogP contribution in [-0.4, -0.2) is 22.9 Å². The molecule has 1 aromatic carbocycles. The predicted octanol–water partition coefficient (Wildman–Crippen LogP) is 3.47. The molecule has 116 valence electrons. The highest BCUT2D eigenvalue weighted by molar-refractivity contribution is 7.17. The van der Waals surface area contributed by atoms with Crippen LogP contribution in [0.25, 0.3) is 10.2 Å². The van der Waals surface area contributed by atoms with Gasteiger partial charge in [0, 0.05) is 6.20 Å².